The Kier molecular flexibility index (Phi) is 4.51. The van der Waals surface area contributed by atoms with Crippen LogP contribution in [0.5, 0.6) is 0 Å². The fourth-order valence-electron chi connectivity index (χ4n) is 2.88. The van der Waals surface area contributed by atoms with Gasteiger partial charge in [0.15, 0.2) is 0 Å². The van der Waals surface area contributed by atoms with Crippen LogP contribution in [0, 0.1) is 0 Å². The average molecular weight is 380 g/mol. The Hall–Kier alpha value is -2.80. The minimum Gasteiger partial charge on any atom is -0.371 e. The summed E-state index contributed by atoms with van der Waals surface area (Å²) in [5, 5.41) is 11.1. The van der Waals surface area contributed by atoms with Crippen molar-refractivity contribution in [3.8, 4) is 0 Å². The number of rotatable bonds is 4. The van der Waals surface area contributed by atoms with Gasteiger partial charge in [0.25, 0.3) is 5.60 Å². The molecule has 0 amide bonds. The molecule has 7 heteroatoms. The van der Waals surface area contributed by atoms with Gasteiger partial charge >= 0.3 is 12.1 Å². The van der Waals surface area contributed by atoms with E-state index in [0.29, 0.717) is 22.9 Å². The van der Waals surface area contributed by atoms with Gasteiger partial charge in [-0.15, -0.1) is 0 Å². The number of carbonyl (C=O) groups excluding carboxylic acids is 1. The van der Waals surface area contributed by atoms with Crippen molar-refractivity contribution in [3.05, 3.63) is 83.9 Å². The minimum absolute atomic E-state index is 0.411. The summed E-state index contributed by atoms with van der Waals surface area (Å²) in [6.07, 6.45) is -5.79. The molecule has 2 nitrogen and oxygen atoms in total. The monoisotopic (exact) mass is 380 g/mol. The molecule has 1 unspecified atom stereocenters. The zero-order valence-electron chi connectivity index (χ0n) is 13.7. The number of ketones is 1. The Morgan fingerprint density at radius 1 is 0.741 bits per heavy atom. The van der Waals surface area contributed by atoms with Gasteiger partial charge in [0.2, 0.25) is 5.78 Å². The molecule has 0 bridgehead atoms. The molecule has 3 aromatic rings. The van der Waals surface area contributed by atoms with Gasteiger partial charge in [-0.05, 0) is 22.4 Å². The molecule has 1 N–H and O–H groups in total. The molecule has 27 heavy (non-hydrogen) atoms. The van der Waals surface area contributed by atoms with E-state index in [0.717, 1.165) is 24.3 Å². The summed E-state index contributed by atoms with van der Waals surface area (Å²) in [5.74, 6) is -7.26. The Bertz CT molecular complexity index is 982. The summed E-state index contributed by atoms with van der Waals surface area (Å²) >= 11 is 0. The summed E-state index contributed by atoms with van der Waals surface area (Å²) in [7, 11) is 0. The van der Waals surface area contributed by atoms with Crippen LogP contribution in [-0.4, -0.2) is 23.0 Å². The highest BCUT2D eigenvalue weighted by atomic mass is 19.4. The van der Waals surface area contributed by atoms with Crippen LogP contribution in [0.25, 0.3) is 10.8 Å². The van der Waals surface area contributed by atoms with E-state index in [2.05, 4.69) is 0 Å². The van der Waals surface area contributed by atoms with Gasteiger partial charge in [-0.1, -0.05) is 66.7 Å². The van der Waals surface area contributed by atoms with Crippen molar-refractivity contribution in [2.24, 2.45) is 0 Å². The van der Waals surface area contributed by atoms with Crippen LogP contribution in [0.2, 0.25) is 0 Å². The molecule has 0 aliphatic carbocycles. The molecule has 0 fully saturated rings. The zero-order valence-corrected chi connectivity index (χ0v) is 13.7. The first kappa shape index (κ1) is 19.0. The summed E-state index contributed by atoms with van der Waals surface area (Å²) in [5.41, 5.74) is -6.40. The van der Waals surface area contributed by atoms with Gasteiger partial charge in [0.05, 0.1) is 0 Å². The number of aliphatic hydroxyl groups is 1. The van der Waals surface area contributed by atoms with Crippen LogP contribution < -0.4 is 0 Å². The largest absolute Gasteiger partial charge is 0.428 e. The van der Waals surface area contributed by atoms with Crippen molar-refractivity contribution in [1.82, 2.24) is 0 Å². The number of hydrogen-bond acceptors (Lipinski definition) is 2. The first-order valence-electron chi connectivity index (χ1n) is 7.85. The maximum atomic E-state index is 14.8. The quantitative estimate of drug-likeness (QED) is 0.505. The lowest BCUT2D eigenvalue weighted by atomic mass is 9.82. The van der Waals surface area contributed by atoms with Gasteiger partial charge in [0.1, 0.15) is 0 Å². The Morgan fingerprint density at radius 2 is 1.30 bits per heavy atom. The topological polar surface area (TPSA) is 37.3 Å². The van der Waals surface area contributed by atoms with Crippen molar-refractivity contribution in [2.45, 2.75) is 17.7 Å². The van der Waals surface area contributed by atoms with E-state index in [1.165, 1.54) is 18.2 Å². The van der Waals surface area contributed by atoms with Crippen LogP contribution >= 0.6 is 0 Å². The standard InChI is InChI=1S/C20H13F5O2/c21-19(22,18(27,20(23,24)25)16-8-2-1-3-9-16)17(26)15-11-10-13-6-4-5-7-14(13)12-15/h1-12,27H. The van der Waals surface area contributed by atoms with Crippen molar-refractivity contribution in [3.63, 3.8) is 0 Å². The molecule has 0 radical (unpaired) electrons. The van der Waals surface area contributed by atoms with Gasteiger partial charge in [-0.2, -0.15) is 22.0 Å². The van der Waals surface area contributed by atoms with Gasteiger partial charge in [-0.25, -0.2) is 0 Å². The SMILES string of the molecule is O=C(c1ccc2ccccc2c1)C(F)(F)C(O)(c1ccccc1)C(F)(F)F. The van der Waals surface area contributed by atoms with E-state index < -0.39 is 34.6 Å². The summed E-state index contributed by atoms with van der Waals surface area (Å²) in [6.45, 7) is 0. The minimum atomic E-state index is -5.79. The number of alkyl halides is 5. The smallest absolute Gasteiger partial charge is 0.371 e. The average Bonchev–Trinajstić information content (AvgIpc) is 2.66. The fraction of sp³-hybridized carbons (Fsp3) is 0.150. The highest BCUT2D eigenvalue weighted by molar-refractivity contribution is 6.05. The molecule has 0 saturated heterocycles. The summed E-state index contributed by atoms with van der Waals surface area (Å²) in [6, 6.07) is 14.8. The second-order valence-corrected chi connectivity index (χ2v) is 6.04. The highest BCUT2D eigenvalue weighted by Crippen LogP contribution is 2.50. The molecule has 3 aromatic carbocycles. The number of benzene rings is 3. The number of carbonyl (C=O) groups is 1. The predicted molar refractivity (Wildman–Crippen MR) is 89.6 cm³/mol. The van der Waals surface area contributed by atoms with E-state index >= 15 is 0 Å². The van der Waals surface area contributed by atoms with Crippen LogP contribution in [0.3, 0.4) is 0 Å². The third-order valence-electron chi connectivity index (χ3n) is 4.35. The third kappa shape index (κ3) is 2.98. The zero-order chi connectivity index (χ0) is 19.9. The van der Waals surface area contributed by atoms with E-state index in [-0.39, 0.29) is 0 Å². The van der Waals surface area contributed by atoms with Gasteiger partial charge in [0, 0.05) is 5.56 Å². The fourth-order valence-corrected chi connectivity index (χ4v) is 2.88. The van der Waals surface area contributed by atoms with E-state index in [1.54, 1.807) is 18.2 Å². The molecule has 0 heterocycles. The van der Waals surface area contributed by atoms with Crippen LogP contribution in [0.15, 0.2) is 72.8 Å². The van der Waals surface area contributed by atoms with E-state index in [9.17, 15) is 31.9 Å². The number of hydrogen-bond donors (Lipinski definition) is 1. The maximum Gasteiger partial charge on any atom is 0.428 e. The number of halogens is 5. The molecule has 140 valence electrons. The lowest BCUT2D eigenvalue weighted by Crippen LogP contribution is -2.59. The highest BCUT2D eigenvalue weighted by Gasteiger charge is 2.73. The molecule has 1 atom stereocenters. The Balaban J connectivity index is 2.14. The van der Waals surface area contributed by atoms with Crippen molar-refractivity contribution in [1.29, 1.82) is 0 Å². The van der Waals surface area contributed by atoms with Gasteiger partial charge < -0.3 is 5.11 Å². The Labute approximate surface area is 150 Å². The molecular weight excluding hydrogens is 367 g/mol. The molecule has 0 aromatic heterocycles. The maximum absolute atomic E-state index is 14.8. The lowest BCUT2D eigenvalue weighted by Gasteiger charge is -2.36. The second-order valence-electron chi connectivity index (χ2n) is 6.04. The lowest BCUT2D eigenvalue weighted by molar-refractivity contribution is -0.324. The van der Waals surface area contributed by atoms with Crippen LogP contribution in [-0.2, 0) is 5.60 Å². The van der Waals surface area contributed by atoms with Gasteiger partial charge in [-0.3, -0.25) is 4.79 Å². The van der Waals surface area contributed by atoms with E-state index in [1.807, 2.05) is 0 Å². The molecule has 3 rings (SSSR count). The molecule has 0 saturated carbocycles. The molecule has 0 spiro atoms. The molecule has 0 aliphatic rings. The summed E-state index contributed by atoms with van der Waals surface area (Å²) in [4.78, 5) is 12.4. The van der Waals surface area contributed by atoms with Crippen molar-refractivity contribution in [2.75, 3.05) is 0 Å². The normalized spacial score (nSPS) is 14.7. The van der Waals surface area contributed by atoms with Crippen molar-refractivity contribution >= 4 is 16.6 Å². The third-order valence-corrected chi connectivity index (χ3v) is 4.35. The Morgan fingerprint density at radius 3 is 1.89 bits per heavy atom. The van der Waals surface area contributed by atoms with Crippen molar-refractivity contribution < 1.29 is 31.9 Å². The first-order valence-corrected chi connectivity index (χ1v) is 7.85. The molecular formula is C20H13F5O2. The second kappa shape index (κ2) is 6.42. The molecule has 0 aliphatic heterocycles. The summed E-state index contributed by atoms with van der Waals surface area (Å²) < 4.78 is 70.2. The van der Waals surface area contributed by atoms with E-state index in [4.69, 9.17) is 0 Å². The number of Topliss-reactive ketones (excluding diaryl/α,β-unsaturated/α-hetero) is 1. The predicted octanol–water partition coefficient (Wildman–Crippen LogP) is 5.11. The van der Waals surface area contributed by atoms with Crippen LogP contribution in [0.4, 0.5) is 22.0 Å². The first-order chi connectivity index (χ1) is 12.6. The number of fused-ring (bicyclic) bond motifs is 1. The van der Waals surface area contributed by atoms with Crippen LogP contribution in [0.1, 0.15) is 15.9 Å².